The summed E-state index contributed by atoms with van der Waals surface area (Å²) in [5, 5.41) is 0.861. The Morgan fingerprint density at radius 3 is 2.67 bits per heavy atom. The van der Waals surface area contributed by atoms with Gasteiger partial charge in [0.25, 0.3) is 0 Å². The number of H-pyrrole nitrogens is 1. The van der Waals surface area contributed by atoms with E-state index < -0.39 is 0 Å². The maximum atomic E-state index is 13.9. The predicted octanol–water partition coefficient (Wildman–Crippen LogP) is 5.16. The Hall–Kier alpha value is -2.62. The molecule has 1 unspecified atom stereocenters. The predicted molar refractivity (Wildman–Crippen MR) is 107 cm³/mol. The van der Waals surface area contributed by atoms with Crippen molar-refractivity contribution in [3.63, 3.8) is 0 Å². The van der Waals surface area contributed by atoms with Gasteiger partial charge in [-0.1, -0.05) is 30.3 Å². The first-order valence-corrected chi connectivity index (χ1v) is 9.66. The van der Waals surface area contributed by atoms with Crippen molar-refractivity contribution in [2.75, 3.05) is 7.05 Å². The van der Waals surface area contributed by atoms with E-state index in [0.29, 0.717) is 24.8 Å². The van der Waals surface area contributed by atoms with Crippen LogP contribution in [0.15, 0.2) is 48.5 Å². The van der Waals surface area contributed by atoms with Crippen LogP contribution >= 0.6 is 0 Å². The molecule has 1 aromatic heterocycles. The summed E-state index contributed by atoms with van der Waals surface area (Å²) in [6.07, 6.45) is 3.46. The second-order valence-corrected chi connectivity index (χ2v) is 7.62. The number of hydrogen-bond acceptors (Lipinski definition) is 1. The number of halogens is 1. The second-order valence-electron chi connectivity index (χ2n) is 7.62. The van der Waals surface area contributed by atoms with Crippen LogP contribution in [0.5, 0.6) is 0 Å². The molecule has 0 aliphatic heterocycles. The van der Waals surface area contributed by atoms with Gasteiger partial charge >= 0.3 is 0 Å². The van der Waals surface area contributed by atoms with E-state index in [1.807, 2.05) is 42.3 Å². The lowest BCUT2D eigenvalue weighted by molar-refractivity contribution is -0.132. The highest BCUT2D eigenvalue weighted by molar-refractivity contribution is 5.91. The lowest BCUT2D eigenvalue weighted by Crippen LogP contribution is -2.36. The fourth-order valence-electron chi connectivity index (χ4n) is 3.86. The number of aromatic amines is 1. The topological polar surface area (TPSA) is 36.1 Å². The maximum Gasteiger partial charge on any atom is 0.222 e. The Labute approximate surface area is 159 Å². The molecule has 3 aromatic rings. The fraction of sp³-hybridized carbons (Fsp3) is 0.348. The van der Waals surface area contributed by atoms with Crippen molar-refractivity contribution in [2.24, 2.45) is 5.92 Å². The minimum atomic E-state index is -0.256. The molecule has 2 aromatic carbocycles. The zero-order valence-corrected chi connectivity index (χ0v) is 15.8. The summed E-state index contributed by atoms with van der Waals surface area (Å²) >= 11 is 0. The van der Waals surface area contributed by atoms with Crippen molar-refractivity contribution in [2.45, 2.75) is 38.6 Å². The van der Waals surface area contributed by atoms with Crippen LogP contribution in [0.4, 0.5) is 4.39 Å². The summed E-state index contributed by atoms with van der Waals surface area (Å²) in [6, 6.07) is 15.1. The number of fused-ring (bicyclic) bond motifs is 1. The normalized spacial score (nSPS) is 15.1. The van der Waals surface area contributed by atoms with Gasteiger partial charge in [-0.2, -0.15) is 0 Å². The number of amides is 1. The number of hydrogen-bond donors (Lipinski definition) is 1. The van der Waals surface area contributed by atoms with E-state index in [-0.39, 0.29) is 11.7 Å². The third-order valence-electron chi connectivity index (χ3n) is 5.83. The lowest BCUT2D eigenvalue weighted by Gasteiger charge is -2.25. The molecular weight excluding hydrogens is 339 g/mol. The highest BCUT2D eigenvalue weighted by atomic mass is 19.1. The average Bonchev–Trinajstić information content (AvgIpc) is 3.47. The van der Waals surface area contributed by atoms with Crippen LogP contribution in [0, 0.1) is 11.7 Å². The molecule has 1 atom stereocenters. The molecule has 1 saturated carbocycles. The van der Waals surface area contributed by atoms with Crippen molar-refractivity contribution in [3.8, 4) is 11.3 Å². The molecular formula is C23H25FN2O. The monoisotopic (exact) mass is 364 g/mol. The molecule has 4 heteroatoms. The van der Waals surface area contributed by atoms with E-state index in [2.05, 4.69) is 11.9 Å². The Kier molecular flexibility index (Phi) is 4.73. The zero-order valence-electron chi connectivity index (χ0n) is 15.8. The van der Waals surface area contributed by atoms with E-state index in [4.69, 9.17) is 0 Å². The number of nitrogens with zero attached hydrogens (tertiary/aromatic N) is 1. The molecule has 1 aliphatic carbocycles. The molecule has 1 aliphatic rings. The van der Waals surface area contributed by atoms with Gasteiger partial charge in [0.15, 0.2) is 0 Å². The minimum Gasteiger partial charge on any atom is -0.354 e. The number of rotatable bonds is 6. The number of aromatic nitrogens is 1. The highest BCUT2D eigenvalue weighted by Crippen LogP contribution is 2.35. The number of nitrogens with one attached hydrogen (secondary N) is 1. The number of carbonyl (C=O) groups is 1. The van der Waals surface area contributed by atoms with Crippen LogP contribution in [0.1, 0.15) is 31.7 Å². The van der Waals surface area contributed by atoms with Crippen molar-refractivity contribution in [1.82, 2.24) is 9.88 Å². The van der Waals surface area contributed by atoms with Crippen molar-refractivity contribution < 1.29 is 9.18 Å². The number of benzene rings is 2. The minimum absolute atomic E-state index is 0.152. The standard InChI is InChI=1S/C23H25FN2O/c1-15(16-8-9-16)26(2)22(27)13-11-19-20-14-18(24)10-12-21(20)25-23(19)17-6-4-3-5-7-17/h3-7,10,12,14-16,25H,8-9,11,13H2,1-2H3. The molecule has 0 bridgehead atoms. The van der Waals surface area contributed by atoms with Gasteiger partial charge in [-0.15, -0.1) is 0 Å². The van der Waals surface area contributed by atoms with Gasteiger partial charge in [0.2, 0.25) is 5.91 Å². The number of carbonyl (C=O) groups excluding carboxylic acids is 1. The lowest BCUT2D eigenvalue weighted by atomic mass is 10.0. The van der Waals surface area contributed by atoms with E-state index in [1.54, 1.807) is 12.1 Å². The Morgan fingerprint density at radius 2 is 1.96 bits per heavy atom. The van der Waals surface area contributed by atoms with E-state index in [0.717, 1.165) is 27.7 Å². The van der Waals surface area contributed by atoms with E-state index in [1.165, 1.54) is 18.9 Å². The van der Waals surface area contributed by atoms with Crippen LogP contribution < -0.4 is 0 Å². The smallest absolute Gasteiger partial charge is 0.222 e. The molecule has 3 nitrogen and oxygen atoms in total. The molecule has 1 fully saturated rings. The first kappa shape index (κ1) is 17.8. The van der Waals surface area contributed by atoms with Crippen LogP contribution in [0.2, 0.25) is 0 Å². The Morgan fingerprint density at radius 1 is 1.22 bits per heavy atom. The van der Waals surface area contributed by atoms with Crippen LogP contribution in [0.3, 0.4) is 0 Å². The summed E-state index contributed by atoms with van der Waals surface area (Å²) in [7, 11) is 1.90. The average molecular weight is 364 g/mol. The van der Waals surface area contributed by atoms with Crippen LogP contribution in [-0.2, 0) is 11.2 Å². The Bertz CT molecular complexity index is 959. The molecule has 1 heterocycles. The third kappa shape index (κ3) is 3.61. The van der Waals surface area contributed by atoms with Gasteiger partial charge in [-0.05, 0) is 61.4 Å². The van der Waals surface area contributed by atoms with Gasteiger partial charge in [-0.25, -0.2) is 4.39 Å². The summed E-state index contributed by atoms with van der Waals surface area (Å²) < 4.78 is 13.9. The summed E-state index contributed by atoms with van der Waals surface area (Å²) in [5.74, 6) is 0.549. The maximum absolute atomic E-state index is 13.9. The van der Waals surface area contributed by atoms with Crippen molar-refractivity contribution in [1.29, 1.82) is 0 Å². The van der Waals surface area contributed by atoms with E-state index in [9.17, 15) is 9.18 Å². The molecule has 27 heavy (non-hydrogen) atoms. The zero-order chi connectivity index (χ0) is 19.0. The molecule has 140 valence electrons. The third-order valence-corrected chi connectivity index (χ3v) is 5.83. The fourth-order valence-corrected chi connectivity index (χ4v) is 3.86. The largest absolute Gasteiger partial charge is 0.354 e. The molecule has 4 rings (SSSR count). The van der Waals surface area contributed by atoms with Crippen molar-refractivity contribution >= 4 is 16.8 Å². The van der Waals surface area contributed by atoms with Crippen LogP contribution in [0.25, 0.3) is 22.2 Å². The van der Waals surface area contributed by atoms with Gasteiger partial charge in [0.1, 0.15) is 5.82 Å². The highest BCUT2D eigenvalue weighted by Gasteiger charge is 2.32. The second kappa shape index (κ2) is 7.18. The van der Waals surface area contributed by atoms with Gasteiger partial charge in [-0.3, -0.25) is 4.79 Å². The SMILES string of the molecule is CC(C1CC1)N(C)C(=O)CCc1c(-c2ccccc2)[nH]c2ccc(F)cc12. The summed E-state index contributed by atoms with van der Waals surface area (Å²) in [6.45, 7) is 2.13. The van der Waals surface area contributed by atoms with Crippen molar-refractivity contribution in [3.05, 3.63) is 59.9 Å². The van der Waals surface area contributed by atoms with Gasteiger partial charge in [0.05, 0.1) is 0 Å². The van der Waals surface area contributed by atoms with E-state index >= 15 is 0 Å². The molecule has 0 radical (unpaired) electrons. The molecule has 0 saturated heterocycles. The van der Waals surface area contributed by atoms with Crippen LogP contribution in [-0.4, -0.2) is 28.9 Å². The number of aryl methyl sites for hydroxylation is 1. The molecule has 0 spiro atoms. The molecule has 1 amide bonds. The Balaban J connectivity index is 1.63. The quantitative estimate of drug-likeness (QED) is 0.644. The summed E-state index contributed by atoms with van der Waals surface area (Å²) in [5.41, 5.74) is 3.94. The van der Waals surface area contributed by atoms with Gasteiger partial charge in [0, 0.05) is 36.1 Å². The first-order chi connectivity index (χ1) is 13.0. The van der Waals surface area contributed by atoms with Gasteiger partial charge < -0.3 is 9.88 Å². The summed E-state index contributed by atoms with van der Waals surface area (Å²) in [4.78, 5) is 18.0. The first-order valence-electron chi connectivity index (χ1n) is 9.66. The molecule has 1 N–H and O–H groups in total.